The number of nitrogens with zero attached hydrogens (tertiary/aromatic N) is 1. The van der Waals surface area contributed by atoms with Gasteiger partial charge in [0.25, 0.3) is 5.91 Å². The van der Waals surface area contributed by atoms with Gasteiger partial charge in [-0.05, 0) is 37.1 Å². The lowest BCUT2D eigenvalue weighted by Crippen LogP contribution is -2.35. The topological polar surface area (TPSA) is 33.5 Å². The van der Waals surface area contributed by atoms with Crippen molar-refractivity contribution in [3.05, 3.63) is 54.0 Å². The SMILES string of the molecule is C[C@H]1Cc2ccccc2N1C(=O)c1ccco1. The van der Waals surface area contributed by atoms with Crippen LogP contribution in [0.25, 0.3) is 0 Å². The summed E-state index contributed by atoms with van der Waals surface area (Å²) in [5.74, 6) is 0.334. The maximum atomic E-state index is 12.3. The first-order valence-electron chi connectivity index (χ1n) is 5.72. The lowest BCUT2D eigenvalue weighted by Gasteiger charge is -2.21. The van der Waals surface area contributed by atoms with Crippen LogP contribution in [0.15, 0.2) is 47.1 Å². The van der Waals surface area contributed by atoms with E-state index in [1.165, 1.54) is 11.8 Å². The third-order valence-corrected chi connectivity index (χ3v) is 3.16. The van der Waals surface area contributed by atoms with E-state index in [4.69, 9.17) is 4.42 Å². The molecular weight excluding hydrogens is 214 g/mol. The largest absolute Gasteiger partial charge is 0.459 e. The fraction of sp³-hybridized carbons (Fsp3) is 0.214. The zero-order valence-electron chi connectivity index (χ0n) is 9.59. The van der Waals surface area contributed by atoms with Gasteiger partial charge in [-0.25, -0.2) is 0 Å². The molecule has 0 aliphatic carbocycles. The molecule has 2 heterocycles. The van der Waals surface area contributed by atoms with Gasteiger partial charge >= 0.3 is 0 Å². The molecule has 1 aromatic heterocycles. The Balaban J connectivity index is 2.01. The molecule has 3 heteroatoms. The molecule has 1 aromatic carbocycles. The van der Waals surface area contributed by atoms with Crippen molar-refractivity contribution in [3.8, 4) is 0 Å². The van der Waals surface area contributed by atoms with Crippen molar-refractivity contribution in [2.24, 2.45) is 0 Å². The summed E-state index contributed by atoms with van der Waals surface area (Å²) in [5, 5.41) is 0. The smallest absolute Gasteiger partial charge is 0.294 e. The molecule has 3 nitrogen and oxygen atoms in total. The molecule has 0 saturated heterocycles. The van der Waals surface area contributed by atoms with Gasteiger partial charge in [0, 0.05) is 11.7 Å². The zero-order chi connectivity index (χ0) is 11.8. The van der Waals surface area contributed by atoms with Gasteiger partial charge in [-0.2, -0.15) is 0 Å². The number of carbonyl (C=O) groups is 1. The molecule has 0 saturated carbocycles. The third kappa shape index (κ3) is 1.55. The average molecular weight is 227 g/mol. The summed E-state index contributed by atoms with van der Waals surface area (Å²) in [6.07, 6.45) is 2.43. The van der Waals surface area contributed by atoms with Crippen molar-refractivity contribution in [2.45, 2.75) is 19.4 Å². The number of hydrogen-bond donors (Lipinski definition) is 0. The molecule has 0 bridgehead atoms. The molecular formula is C14H13NO2. The van der Waals surface area contributed by atoms with Crippen LogP contribution >= 0.6 is 0 Å². The Hall–Kier alpha value is -2.03. The molecule has 1 aliphatic rings. The van der Waals surface area contributed by atoms with E-state index < -0.39 is 0 Å². The maximum Gasteiger partial charge on any atom is 0.294 e. The number of furan rings is 1. The Morgan fingerprint density at radius 2 is 2.12 bits per heavy atom. The van der Waals surface area contributed by atoms with E-state index in [9.17, 15) is 4.79 Å². The lowest BCUT2D eigenvalue weighted by molar-refractivity contribution is 0.0954. The van der Waals surface area contributed by atoms with Gasteiger partial charge in [-0.15, -0.1) is 0 Å². The minimum atomic E-state index is -0.0625. The van der Waals surface area contributed by atoms with Gasteiger partial charge in [0.15, 0.2) is 5.76 Å². The highest BCUT2D eigenvalue weighted by Gasteiger charge is 2.32. The second-order valence-electron chi connectivity index (χ2n) is 4.33. The van der Waals surface area contributed by atoms with E-state index in [0.717, 1.165) is 12.1 Å². The summed E-state index contributed by atoms with van der Waals surface area (Å²) in [5.41, 5.74) is 2.22. The van der Waals surface area contributed by atoms with Crippen molar-refractivity contribution in [2.75, 3.05) is 4.90 Å². The van der Waals surface area contributed by atoms with Crippen LogP contribution < -0.4 is 4.90 Å². The Bertz CT molecular complexity index is 545. The van der Waals surface area contributed by atoms with Gasteiger partial charge in [-0.1, -0.05) is 18.2 Å². The molecule has 1 amide bonds. The van der Waals surface area contributed by atoms with E-state index in [1.54, 1.807) is 12.1 Å². The number of amides is 1. The lowest BCUT2D eigenvalue weighted by atomic mass is 10.1. The Kier molecular flexibility index (Phi) is 2.25. The van der Waals surface area contributed by atoms with Crippen LogP contribution in [0.5, 0.6) is 0 Å². The number of fused-ring (bicyclic) bond motifs is 1. The molecule has 86 valence electrons. The average Bonchev–Trinajstić information content (AvgIpc) is 2.94. The summed E-state index contributed by atoms with van der Waals surface area (Å²) in [4.78, 5) is 14.1. The number of rotatable bonds is 1. The predicted octanol–water partition coefficient (Wildman–Crippen LogP) is 2.87. The van der Waals surface area contributed by atoms with Crippen LogP contribution in [0.3, 0.4) is 0 Å². The van der Waals surface area contributed by atoms with Crippen LogP contribution in [0.2, 0.25) is 0 Å². The van der Waals surface area contributed by atoms with Crippen LogP contribution in [0.4, 0.5) is 5.69 Å². The Labute approximate surface area is 99.7 Å². The minimum Gasteiger partial charge on any atom is -0.459 e. The van der Waals surface area contributed by atoms with Gasteiger partial charge in [0.05, 0.1) is 6.26 Å². The molecule has 0 fully saturated rings. The number of hydrogen-bond acceptors (Lipinski definition) is 2. The summed E-state index contributed by atoms with van der Waals surface area (Å²) in [6.45, 7) is 2.06. The van der Waals surface area contributed by atoms with Gasteiger partial charge in [0.2, 0.25) is 0 Å². The molecule has 17 heavy (non-hydrogen) atoms. The Morgan fingerprint density at radius 3 is 2.88 bits per heavy atom. The molecule has 2 aromatic rings. The second kappa shape index (κ2) is 3.77. The molecule has 0 N–H and O–H groups in total. The molecule has 0 unspecified atom stereocenters. The van der Waals surface area contributed by atoms with E-state index in [1.807, 2.05) is 23.1 Å². The van der Waals surface area contributed by atoms with Crippen LogP contribution in [-0.4, -0.2) is 11.9 Å². The quantitative estimate of drug-likeness (QED) is 0.750. The van der Waals surface area contributed by atoms with Crippen LogP contribution in [0.1, 0.15) is 23.0 Å². The van der Waals surface area contributed by atoms with Gasteiger partial charge in [-0.3, -0.25) is 4.79 Å². The van der Waals surface area contributed by atoms with Crippen molar-refractivity contribution in [3.63, 3.8) is 0 Å². The van der Waals surface area contributed by atoms with E-state index in [-0.39, 0.29) is 11.9 Å². The van der Waals surface area contributed by atoms with E-state index >= 15 is 0 Å². The summed E-state index contributed by atoms with van der Waals surface area (Å²) < 4.78 is 5.18. The fourth-order valence-electron chi connectivity index (χ4n) is 2.39. The van der Waals surface area contributed by atoms with Crippen LogP contribution in [-0.2, 0) is 6.42 Å². The third-order valence-electron chi connectivity index (χ3n) is 3.16. The predicted molar refractivity (Wildman–Crippen MR) is 65.1 cm³/mol. The Morgan fingerprint density at radius 1 is 1.29 bits per heavy atom. The first-order chi connectivity index (χ1) is 8.27. The highest BCUT2D eigenvalue weighted by molar-refractivity contribution is 6.05. The zero-order valence-corrected chi connectivity index (χ0v) is 9.59. The normalized spacial score (nSPS) is 18.2. The van der Waals surface area contributed by atoms with Gasteiger partial charge in [0.1, 0.15) is 0 Å². The van der Waals surface area contributed by atoms with Crippen molar-refractivity contribution in [1.29, 1.82) is 0 Å². The minimum absolute atomic E-state index is 0.0625. The van der Waals surface area contributed by atoms with Crippen LogP contribution in [0, 0.1) is 0 Å². The first-order valence-corrected chi connectivity index (χ1v) is 5.72. The monoisotopic (exact) mass is 227 g/mol. The van der Waals surface area contributed by atoms with Crippen molar-refractivity contribution < 1.29 is 9.21 Å². The second-order valence-corrected chi connectivity index (χ2v) is 4.33. The molecule has 1 atom stereocenters. The van der Waals surface area contributed by atoms with Gasteiger partial charge < -0.3 is 9.32 Å². The number of anilines is 1. The van der Waals surface area contributed by atoms with Crippen molar-refractivity contribution >= 4 is 11.6 Å². The first kappa shape index (κ1) is 10.1. The highest BCUT2D eigenvalue weighted by atomic mass is 16.3. The highest BCUT2D eigenvalue weighted by Crippen LogP contribution is 2.32. The summed E-state index contributed by atoms with van der Waals surface area (Å²) >= 11 is 0. The van der Waals surface area contributed by atoms with Crippen molar-refractivity contribution in [1.82, 2.24) is 0 Å². The maximum absolute atomic E-state index is 12.3. The molecule has 1 aliphatic heterocycles. The number of benzene rings is 1. The fourth-order valence-corrected chi connectivity index (χ4v) is 2.39. The standard InChI is InChI=1S/C14H13NO2/c1-10-9-11-5-2-3-6-12(11)15(10)14(16)13-7-4-8-17-13/h2-8,10H,9H2,1H3/t10-/m0/s1. The molecule has 3 rings (SSSR count). The van der Waals surface area contributed by atoms with E-state index in [0.29, 0.717) is 5.76 Å². The number of para-hydroxylation sites is 1. The summed E-state index contributed by atoms with van der Waals surface area (Å²) in [6, 6.07) is 11.6. The molecule has 0 radical (unpaired) electrons. The summed E-state index contributed by atoms with van der Waals surface area (Å²) in [7, 11) is 0. The van der Waals surface area contributed by atoms with E-state index in [2.05, 4.69) is 13.0 Å². The number of carbonyl (C=O) groups excluding carboxylic acids is 1. The molecule has 0 spiro atoms.